The van der Waals surface area contributed by atoms with E-state index >= 15 is 0 Å². The largest absolute Gasteiger partial charge is 0.239 e. The summed E-state index contributed by atoms with van der Waals surface area (Å²) in [6.45, 7) is 0. The maximum atomic E-state index is 6.91. The van der Waals surface area contributed by atoms with E-state index in [0.29, 0.717) is 5.69 Å². The van der Waals surface area contributed by atoms with E-state index in [2.05, 4.69) is 10.9 Å². The van der Waals surface area contributed by atoms with Crippen molar-refractivity contribution in [3.8, 4) is 5.92 Å². The molecular weight excluding hydrogens is 146 g/mol. The molecule has 12 heavy (non-hydrogen) atoms. The number of rotatable bonds is 0. The molecule has 1 heterocycles. The van der Waals surface area contributed by atoms with Crippen LogP contribution in [-0.2, 0) is 0 Å². The summed E-state index contributed by atoms with van der Waals surface area (Å²) < 4.78 is 0. The van der Waals surface area contributed by atoms with Crippen molar-refractivity contribution in [1.82, 2.24) is 4.98 Å². The zero-order valence-corrected chi connectivity index (χ0v) is 6.41. The van der Waals surface area contributed by atoms with Gasteiger partial charge in [-0.25, -0.2) is 4.98 Å². The first-order valence-electron chi connectivity index (χ1n) is 3.69. The van der Waals surface area contributed by atoms with Crippen LogP contribution in [0, 0.1) is 12.3 Å². The summed E-state index contributed by atoms with van der Waals surface area (Å²) in [5, 5.41) is 1.09. The molecule has 1 aromatic carbocycles. The Hall–Kier alpha value is -1.81. The van der Waals surface area contributed by atoms with E-state index < -0.39 is 0 Å². The molecule has 0 unspecified atom stereocenters. The third-order valence-electron chi connectivity index (χ3n) is 1.73. The summed E-state index contributed by atoms with van der Waals surface area (Å²) in [4.78, 5) is 4.20. The Bertz CT molecular complexity index is 452. The molecule has 0 amide bonds. The Kier molecular flexibility index (Phi) is 1.53. The predicted octanol–water partition coefficient (Wildman–Crippen LogP) is 2.17. The van der Waals surface area contributed by atoms with Crippen molar-refractivity contribution >= 4 is 10.9 Å². The van der Waals surface area contributed by atoms with Gasteiger partial charge < -0.3 is 0 Å². The molecule has 0 aliphatic rings. The average Bonchev–Trinajstić information content (AvgIpc) is 2.17. The summed E-state index contributed by atoms with van der Waals surface area (Å²) in [5.74, 6) is 2.26. The van der Waals surface area contributed by atoms with Crippen LogP contribution in [0.2, 0.25) is 0 Å². The maximum absolute atomic E-state index is 6.91. The maximum Gasteiger partial charge on any atom is 0.114 e. The summed E-state index contributed by atoms with van der Waals surface area (Å²) in [6, 6.07) is 11.6. The second-order valence-corrected chi connectivity index (χ2v) is 2.51. The fraction of sp³-hybridized carbons (Fsp3) is 0. The molecule has 1 heteroatoms. The standard InChI is InChI=1S/C11H6N/c1-2-10-8-7-9-5-3-4-6-11(9)12-10/h3-8H. The van der Waals surface area contributed by atoms with E-state index in [9.17, 15) is 0 Å². The van der Waals surface area contributed by atoms with Crippen molar-refractivity contribution in [3.05, 3.63) is 48.5 Å². The quantitative estimate of drug-likeness (QED) is 0.527. The zero-order chi connectivity index (χ0) is 8.39. The second kappa shape index (κ2) is 2.67. The fourth-order valence-corrected chi connectivity index (χ4v) is 1.14. The Morgan fingerprint density at radius 2 is 1.92 bits per heavy atom. The van der Waals surface area contributed by atoms with Gasteiger partial charge in [0.05, 0.1) is 5.52 Å². The minimum Gasteiger partial charge on any atom is -0.239 e. The Morgan fingerprint density at radius 3 is 2.75 bits per heavy atom. The van der Waals surface area contributed by atoms with Crippen LogP contribution in [0.1, 0.15) is 5.69 Å². The van der Waals surface area contributed by atoms with Gasteiger partial charge in [0.15, 0.2) is 0 Å². The molecule has 0 fully saturated rings. The lowest BCUT2D eigenvalue weighted by atomic mass is 10.2. The van der Waals surface area contributed by atoms with Crippen LogP contribution in [0.25, 0.3) is 10.9 Å². The van der Waals surface area contributed by atoms with Crippen LogP contribution in [-0.4, -0.2) is 4.98 Å². The number of nitrogens with zero attached hydrogens (tertiary/aromatic N) is 1. The van der Waals surface area contributed by atoms with Crippen LogP contribution in [0.15, 0.2) is 36.4 Å². The summed E-state index contributed by atoms with van der Waals surface area (Å²) in [7, 11) is 0. The predicted molar refractivity (Wildman–Crippen MR) is 48.0 cm³/mol. The van der Waals surface area contributed by atoms with Gasteiger partial charge in [-0.2, -0.15) is 0 Å². The first-order chi connectivity index (χ1) is 5.90. The highest BCUT2D eigenvalue weighted by atomic mass is 14.7. The van der Waals surface area contributed by atoms with Crippen molar-refractivity contribution in [1.29, 1.82) is 0 Å². The minimum absolute atomic E-state index is 0.578. The Morgan fingerprint density at radius 1 is 1.08 bits per heavy atom. The lowest BCUT2D eigenvalue weighted by molar-refractivity contribution is 1.36. The van der Waals surface area contributed by atoms with Gasteiger partial charge in [-0.1, -0.05) is 24.3 Å². The summed E-state index contributed by atoms with van der Waals surface area (Å²) in [5.41, 5.74) is 1.49. The molecule has 1 radical (unpaired) electrons. The summed E-state index contributed by atoms with van der Waals surface area (Å²) >= 11 is 0. The molecular formula is C11H6N. The molecule has 1 nitrogen and oxygen atoms in total. The van der Waals surface area contributed by atoms with Crippen LogP contribution in [0.5, 0.6) is 0 Å². The van der Waals surface area contributed by atoms with E-state index in [0.717, 1.165) is 10.9 Å². The highest BCUT2D eigenvalue weighted by Crippen LogP contribution is 2.10. The Labute approximate surface area is 71.1 Å². The van der Waals surface area contributed by atoms with Crippen LogP contribution in [0.4, 0.5) is 0 Å². The van der Waals surface area contributed by atoms with Crippen molar-refractivity contribution in [3.63, 3.8) is 0 Å². The highest BCUT2D eigenvalue weighted by molar-refractivity contribution is 5.78. The molecule has 1 aromatic heterocycles. The Balaban J connectivity index is 2.78. The van der Waals surface area contributed by atoms with Gasteiger partial charge in [-0.15, -0.1) is 0 Å². The number of pyridine rings is 1. The highest BCUT2D eigenvalue weighted by Gasteiger charge is 1.92. The molecule has 2 rings (SSSR count). The van der Waals surface area contributed by atoms with Gasteiger partial charge in [0.1, 0.15) is 5.69 Å². The monoisotopic (exact) mass is 152 g/mol. The molecule has 0 spiro atoms. The fourth-order valence-electron chi connectivity index (χ4n) is 1.14. The number of fused-ring (bicyclic) bond motifs is 1. The van der Waals surface area contributed by atoms with Crippen molar-refractivity contribution in [2.24, 2.45) is 0 Å². The molecule has 0 saturated carbocycles. The lowest BCUT2D eigenvalue weighted by Gasteiger charge is -1.95. The first-order valence-corrected chi connectivity index (χ1v) is 3.69. The molecule has 0 atom stereocenters. The molecule has 0 saturated heterocycles. The van der Waals surface area contributed by atoms with E-state index in [1.165, 1.54) is 0 Å². The van der Waals surface area contributed by atoms with Gasteiger partial charge in [-0.3, -0.25) is 0 Å². The third kappa shape index (κ3) is 1.04. The van der Waals surface area contributed by atoms with Crippen molar-refractivity contribution in [2.75, 3.05) is 0 Å². The number of benzene rings is 1. The van der Waals surface area contributed by atoms with Gasteiger partial charge in [-0.05, 0) is 24.5 Å². The van der Waals surface area contributed by atoms with Gasteiger partial charge in [0, 0.05) is 5.39 Å². The molecule has 0 aliphatic heterocycles. The summed E-state index contributed by atoms with van der Waals surface area (Å²) in [6.07, 6.45) is 6.91. The minimum atomic E-state index is 0.578. The first kappa shape index (κ1) is 6.87. The second-order valence-electron chi connectivity index (χ2n) is 2.51. The SMILES string of the molecule is [C]#Cc1ccc2ccccc2n1. The van der Waals surface area contributed by atoms with Gasteiger partial charge >= 0.3 is 0 Å². The van der Waals surface area contributed by atoms with Gasteiger partial charge in [0.2, 0.25) is 0 Å². The van der Waals surface area contributed by atoms with Crippen LogP contribution < -0.4 is 0 Å². The average molecular weight is 152 g/mol. The van der Waals surface area contributed by atoms with E-state index in [1.54, 1.807) is 6.07 Å². The van der Waals surface area contributed by atoms with E-state index in [-0.39, 0.29) is 0 Å². The number of hydrogen-bond donors (Lipinski definition) is 0. The van der Waals surface area contributed by atoms with E-state index in [4.69, 9.17) is 6.42 Å². The molecule has 55 valence electrons. The van der Waals surface area contributed by atoms with Crippen molar-refractivity contribution in [2.45, 2.75) is 0 Å². The molecule has 2 aromatic rings. The van der Waals surface area contributed by atoms with Crippen LogP contribution >= 0.6 is 0 Å². The van der Waals surface area contributed by atoms with E-state index in [1.807, 2.05) is 30.3 Å². The third-order valence-corrected chi connectivity index (χ3v) is 1.73. The van der Waals surface area contributed by atoms with Crippen molar-refractivity contribution < 1.29 is 0 Å². The molecule has 0 bridgehead atoms. The zero-order valence-electron chi connectivity index (χ0n) is 6.41. The number of hydrogen-bond acceptors (Lipinski definition) is 1. The topological polar surface area (TPSA) is 12.9 Å². The lowest BCUT2D eigenvalue weighted by Crippen LogP contribution is -1.82. The van der Waals surface area contributed by atoms with Gasteiger partial charge in [0.25, 0.3) is 0 Å². The van der Waals surface area contributed by atoms with Crippen LogP contribution in [0.3, 0.4) is 0 Å². The smallest absolute Gasteiger partial charge is 0.114 e. The molecule has 0 N–H and O–H groups in total. The number of aromatic nitrogens is 1. The molecule has 0 aliphatic carbocycles. The normalized spacial score (nSPS) is 9.58. The number of para-hydroxylation sites is 1.